The fourth-order valence-corrected chi connectivity index (χ4v) is 2.00. The second-order valence-electron chi connectivity index (χ2n) is 4.71. The molecule has 1 aromatic rings. The summed E-state index contributed by atoms with van der Waals surface area (Å²) in [4.78, 5) is 12.1. The first-order valence-corrected chi connectivity index (χ1v) is 6.92. The highest BCUT2D eigenvalue weighted by Gasteiger charge is 2.25. The van der Waals surface area contributed by atoms with Crippen molar-refractivity contribution in [3.63, 3.8) is 0 Å². The molecule has 0 radical (unpaired) electrons. The van der Waals surface area contributed by atoms with E-state index in [9.17, 15) is 4.79 Å². The number of hydrogen-bond acceptors (Lipinski definition) is 3. The number of halogens is 1. The molecular weight excluding hydrogens is 282 g/mol. The average Bonchev–Trinajstić information content (AvgIpc) is 3.15. The Morgan fingerprint density at radius 2 is 2.21 bits per heavy atom. The molecule has 0 aromatic heterocycles. The summed E-state index contributed by atoms with van der Waals surface area (Å²) in [6, 6.07) is 5.26. The molecule has 1 atom stereocenters. The highest BCUT2D eigenvalue weighted by molar-refractivity contribution is 7.80. The molecule has 0 saturated heterocycles. The van der Waals surface area contributed by atoms with Gasteiger partial charge in [0.1, 0.15) is 11.0 Å². The number of carbonyl (C=O) groups excluding carboxylic acids is 1. The molecule has 1 amide bonds. The lowest BCUT2D eigenvalue weighted by Crippen LogP contribution is -2.38. The van der Waals surface area contributed by atoms with Crippen LogP contribution in [0.3, 0.4) is 0 Å². The van der Waals surface area contributed by atoms with E-state index in [0.717, 1.165) is 12.8 Å². The van der Waals surface area contributed by atoms with Crippen LogP contribution in [0.2, 0.25) is 5.02 Å². The predicted octanol–water partition coefficient (Wildman–Crippen LogP) is 2.05. The fourth-order valence-electron chi connectivity index (χ4n) is 1.64. The second kappa shape index (κ2) is 5.75. The standard InChI is InChI=1S/C13H16ClN3OS/c1-7(13(18)17-9-3-4-9)16-11-5-2-8(12(15)19)6-10(11)14/h2,5-7,9,16H,3-4H2,1H3,(H2,15,19)(H,17,18). The van der Waals surface area contributed by atoms with Gasteiger partial charge in [0, 0.05) is 11.6 Å². The lowest BCUT2D eigenvalue weighted by Gasteiger charge is -2.16. The fraction of sp³-hybridized carbons (Fsp3) is 0.385. The molecule has 2 rings (SSSR count). The van der Waals surface area contributed by atoms with Crippen LogP contribution in [0.25, 0.3) is 0 Å². The molecule has 4 N–H and O–H groups in total. The van der Waals surface area contributed by atoms with Gasteiger partial charge in [0.15, 0.2) is 0 Å². The molecule has 102 valence electrons. The van der Waals surface area contributed by atoms with Crippen LogP contribution in [0, 0.1) is 0 Å². The number of hydrogen-bond donors (Lipinski definition) is 3. The summed E-state index contributed by atoms with van der Waals surface area (Å²) in [6.07, 6.45) is 2.14. The average molecular weight is 298 g/mol. The molecule has 0 heterocycles. The van der Waals surface area contributed by atoms with Crippen molar-refractivity contribution in [2.24, 2.45) is 5.73 Å². The van der Waals surface area contributed by atoms with Gasteiger partial charge in [0.25, 0.3) is 0 Å². The zero-order chi connectivity index (χ0) is 14.0. The lowest BCUT2D eigenvalue weighted by molar-refractivity contribution is -0.121. The molecule has 0 aliphatic heterocycles. The summed E-state index contributed by atoms with van der Waals surface area (Å²) in [7, 11) is 0. The zero-order valence-electron chi connectivity index (χ0n) is 10.6. The Hall–Kier alpha value is -1.33. The number of amides is 1. The quantitative estimate of drug-likeness (QED) is 0.728. The molecule has 1 unspecified atom stereocenters. The van der Waals surface area contributed by atoms with Gasteiger partial charge in [0.2, 0.25) is 5.91 Å². The van der Waals surface area contributed by atoms with Crippen LogP contribution < -0.4 is 16.4 Å². The molecule has 0 bridgehead atoms. The van der Waals surface area contributed by atoms with Crippen molar-refractivity contribution in [3.05, 3.63) is 28.8 Å². The van der Waals surface area contributed by atoms with Crippen molar-refractivity contribution in [1.29, 1.82) is 0 Å². The van der Waals surface area contributed by atoms with Gasteiger partial charge in [-0.05, 0) is 38.0 Å². The molecule has 1 saturated carbocycles. The van der Waals surface area contributed by atoms with Crippen LogP contribution in [-0.2, 0) is 4.79 Å². The molecule has 1 aliphatic rings. The second-order valence-corrected chi connectivity index (χ2v) is 5.55. The maximum absolute atomic E-state index is 11.8. The zero-order valence-corrected chi connectivity index (χ0v) is 12.1. The first kappa shape index (κ1) is 14.1. The van der Waals surface area contributed by atoms with Crippen LogP contribution in [0.5, 0.6) is 0 Å². The molecule has 1 aromatic carbocycles. The maximum atomic E-state index is 11.8. The smallest absolute Gasteiger partial charge is 0.242 e. The molecule has 1 fully saturated rings. The SMILES string of the molecule is CC(Nc1ccc(C(N)=S)cc1Cl)C(=O)NC1CC1. The van der Waals surface area contributed by atoms with Gasteiger partial charge in [-0.15, -0.1) is 0 Å². The van der Waals surface area contributed by atoms with E-state index >= 15 is 0 Å². The molecule has 4 nitrogen and oxygen atoms in total. The number of nitrogens with two attached hydrogens (primary N) is 1. The number of nitrogens with one attached hydrogen (secondary N) is 2. The van der Waals surface area contributed by atoms with E-state index in [2.05, 4.69) is 10.6 Å². The van der Waals surface area contributed by atoms with E-state index in [-0.39, 0.29) is 11.9 Å². The summed E-state index contributed by atoms with van der Waals surface area (Å²) < 4.78 is 0. The third-order valence-electron chi connectivity index (χ3n) is 2.94. The highest BCUT2D eigenvalue weighted by Crippen LogP contribution is 2.24. The Kier molecular flexibility index (Phi) is 4.27. The molecular formula is C13H16ClN3OS. The minimum atomic E-state index is -0.339. The number of rotatable bonds is 5. The van der Waals surface area contributed by atoms with Gasteiger partial charge in [-0.3, -0.25) is 4.79 Å². The van der Waals surface area contributed by atoms with Gasteiger partial charge >= 0.3 is 0 Å². The van der Waals surface area contributed by atoms with Crippen molar-refractivity contribution < 1.29 is 4.79 Å². The predicted molar refractivity (Wildman–Crippen MR) is 81.6 cm³/mol. The number of benzene rings is 1. The van der Waals surface area contributed by atoms with Crippen LogP contribution in [0.1, 0.15) is 25.3 Å². The van der Waals surface area contributed by atoms with Crippen molar-refractivity contribution in [1.82, 2.24) is 5.32 Å². The van der Waals surface area contributed by atoms with Crippen molar-refractivity contribution in [2.45, 2.75) is 31.8 Å². The Morgan fingerprint density at radius 1 is 1.53 bits per heavy atom. The maximum Gasteiger partial charge on any atom is 0.242 e. The van der Waals surface area contributed by atoms with E-state index < -0.39 is 0 Å². The van der Waals surface area contributed by atoms with Crippen LogP contribution in [0.4, 0.5) is 5.69 Å². The number of anilines is 1. The summed E-state index contributed by atoms with van der Waals surface area (Å²) in [5.74, 6) is -0.0167. The minimum Gasteiger partial charge on any atom is -0.389 e. The van der Waals surface area contributed by atoms with Gasteiger partial charge < -0.3 is 16.4 Å². The summed E-state index contributed by atoms with van der Waals surface area (Å²) in [5.41, 5.74) is 6.94. The largest absolute Gasteiger partial charge is 0.389 e. The van der Waals surface area contributed by atoms with Crippen molar-refractivity contribution >= 4 is 40.4 Å². The first-order valence-electron chi connectivity index (χ1n) is 6.13. The van der Waals surface area contributed by atoms with E-state index in [1.807, 2.05) is 0 Å². The van der Waals surface area contributed by atoms with Crippen LogP contribution in [0.15, 0.2) is 18.2 Å². The number of carbonyl (C=O) groups is 1. The van der Waals surface area contributed by atoms with Crippen molar-refractivity contribution in [3.8, 4) is 0 Å². The summed E-state index contributed by atoms with van der Waals surface area (Å²) in [6.45, 7) is 1.80. The minimum absolute atomic E-state index is 0.0167. The third-order valence-corrected chi connectivity index (χ3v) is 3.49. The van der Waals surface area contributed by atoms with E-state index in [1.165, 1.54) is 0 Å². The Balaban J connectivity index is 2.01. The van der Waals surface area contributed by atoms with Gasteiger partial charge in [-0.2, -0.15) is 0 Å². The highest BCUT2D eigenvalue weighted by atomic mass is 35.5. The van der Waals surface area contributed by atoms with E-state index in [4.69, 9.17) is 29.6 Å². The van der Waals surface area contributed by atoms with Gasteiger partial charge in [0.05, 0.1) is 10.7 Å². The van der Waals surface area contributed by atoms with Gasteiger partial charge in [-0.25, -0.2) is 0 Å². The van der Waals surface area contributed by atoms with Gasteiger partial charge in [-0.1, -0.05) is 23.8 Å². The summed E-state index contributed by atoms with van der Waals surface area (Å²) >= 11 is 11.0. The molecule has 6 heteroatoms. The molecule has 19 heavy (non-hydrogen) atoms. The molecule has 1 aliphatic carbocycles. The van der Waals surface area contributed by atoms with Crippen LogP contribution >= 0.6 is 23.8 Å². The normalized spacial score (nSPS) is 15.7. The number of thiocarbonyl (C=S) groups is 1. The lowest BCUT2D eigenvalue weighted by atomic mass is 10.2. The third kappa shape index (κ3) is 3.81. The monoisotopic (exact) mass is 297 g/mol. The van der Waals surface area contributed by atoms with Crippen LogP contribution in [-0.4, -0.2) is 23.0 Å². The Morgan fingerprint density at radius 3 is 2.74 bits per heavy atom. The van der Waals surface area contributed by atoms with E-state index in [1.54, 1.807) is 25.1 Å². The van der Waals surface area contributed by atoms with E-state index in [0.29, 0.717) is 27.3 Å². The first-order chi connectivity index (χ1) is 8.97. The van der Waals surface area contributed by atoms with Crippen molar-refractivity contribution in [2.75, 3.05) is 5.32 Å². The summed E-state index contributed by atoms with van der Waals surface area (Å²) in [5, 5.41) is 6.52. The molecule has 0 spiro atoms. The Labute approximate surface area is 122 Å². The topological polar surface area (TPSA) is 67.1 Å². The Bertz CT molecular complexity index is 517.